The predicted octanol–water partition coefficient (Wildman–Crippen LogP) is 13.3. The maximum Gasteiger partial charge on any atom is 0.109 e. The zero-order valence-electron chi connectivity index (χ0n) is 33.0. The lowest BCUT2D eigenvalue weighted by Crippen LogP contribution is -2.48. The average molecular weight is 714 g/mol. The van der Waals surface area contributed by atoms with E-state index in [1.807, 2.05) is 19.9 Å². The van der Waals surface area contributed by atoms with Gasteiger partial charge in [0.05, 0.1) is 22.6 Å². The lowest BCUT2D eigenvalue weighted by atomic mass is 9.96. The monoisotopic (exact) mass is 713 g/mol. The fourth-order valence-corrected chi connectivity index (χ4v) is 7.78. The van der Waals surface area contributed by atoms with Gasteiger partial charge in [-0.3, -0.25) is 4.90 Å². The summed E-state index contributed by atoms with van der Waals surface area (Å²) in [6.07, 6.45) is 21.3. The number of aromatic nitrogens is 1. The molecule has 0 saturated carbocycles. The van der Waals surface area contributed by atoms with Gasteiger partial charge in [-0.05, 0) is 107 Å². The van der Waals surface area contributed by atoms with Crippen molar-refractivity contribution in [2.24, 2.45) is 0 Å². The van der Waals surface area contributed by atoms with Crippen LogP contribution in [0, 0.1) is 6.92 Å². The summed E-state index contributed by atoms with van der Waals surface area (Å²) in [6, 6.07) is 32.7. The Morgan fingerprint density at radius 3 is 2.33 bits per heavy atom. The van der Waals surface area contributed by atoms with E-state index in [1.165, 1.54) is 33.5 Å². The van der Waals surface area contributed by atoms with Gasteiger partial charge in [-0.15, -0.1) is 0 Å². The summed E-state index contributed by atoms with van der Waals surface area (Å²) in [4.78, 5) is 4.91. The minimum atomic E-state index is -0.160. The van der Waals surface area contributed by atoms with Gasteiger partial charge in [0.25, 0.3) is 0 Å². The molecule has 2 heterocycles. The first-order chi connectivity index (χ1) is 26.5. The number of fused-ring (bicyclic) bond motifs is 2. The number of hydrogen-bond acceptors (Lipinski definition) is 4. The summed E-state index contributed by atoms with van der Waals surface area (Å²) < 4.78 is 2.41. The minimum absolute atomic E-state index is 0.0863. The second-order valence-electron chi connectivity index (χ2n) is 13.4. The number of nitrogens with zero attached hydrogens (tertiary/aromatic N) is 3. The molecule has 0 spiro atoms. The lowest BCUT2D eigenvalue weighted by molar-refractivity contribution is 0.225. The van der Waals surface area contributed by atoms with E-state index >= 15 is 0 Å². The second-order valence-corrected chi connectivity index (χ2v) is 13.4. The normalized spacial score (nSPS) is 17.2. The number of para-hydroxylation sites is 3. The molecule has 0 amide bonds. The van der Waals surface area contributed by atoms with E-state index in [1.54, 1.807) is 0 Å². The Kier molecular flexibility index (Phi) is 12.2. The van der Waals surface area contributed by atoms with Crippen LogP contribution in [0.15, 0.2) is 151 Å². The predicted molar refractivity (Wildman–Crippen MR) is 236 cm³/mol. The minimum Gasteiger partial charge on any atom is -0.366 e. The summed E-state index contributed by atoms with van der Waals surface area (Å²) in [5, 5.41) is 9.23. The Bertz CT molecular complexity index is 2250. The summed E-state index contributed by atoms with van der Waals surface area (Å²) in [6.45, 7) is 16.8. The number of anilines is 4. The summed E-state index contributed by atoms with van der Waals surface area (Å²) >= 11 is 0. The van der Waals surface area contributed by atoms with Crippen molar-refractivity contribution < 1.29 is 0 Å². The molecule has 1 aromatic heterocycles. The van der Waals surface area contributed by atoms with E-state index in [0.29, 0.717) is 0 Å². The molecular weight excluding hydrogens is 659 g/mol. The third-order valence-corrected chi connectivity index (χ3v) is 10.2. The van der Waals surface area contributed by atoms with Crippen molar-refractivity contribution in [1.82, 2.24) is 9.47 Å². The highest BCUT2D eigenvalue weighted by Crippen LogP contribution is 2.48. The van der Waals surface area contributed by atoms with Gasteiger partial charge in [-0.2, -0.15) is 0 Å². The van der Waals surface area contributed by atoms with Crippen LogP contribution in [0.2, 0.25) is 0 Å². The van der Waals surface area contributed by atoms with Crippen molar-refractivity contribution in [3.63, 3.8) is 0 Å². The molecule has 0 fully saturated rings. The van der Waals surface area contributed by atoms with Gasteiger partial charge in [0.15, 0.2) is 0 Å². The maximum absolute atomic E-state index is 4.27. The number of likely N-dealkylation sites (N-methyl/N-ethyl adjacent to an activating group) is 1. The quantitative estimate of drug-likeness (QED) is 0.141. The molecule has 5 aromatic rings. The molecule has 5 nitrogen and oxygen atoms in total. The van der Waals surface area contributed by atoms with Gasteiger partial charge in [-0.1, -0.05) is 118 Å². The zero-order valence-corrected chi connectivity index (χ0v) is 33.0. The number of hydrogen-bond donors (Lipinski definition) is 2. The van der Waals surface area contributed by atoms with Gasteiger partial charge in [0.1, 0.15) is 12.3 Å². The molecule has 2 aliphatic rings. The maximum atomic E-state index is 4.27. The lowest BCUT2D eigenvalue weighted by Gasteiger charge is -2.45. The Morgan fingerprint density at radius 2 is 1.65 bits per heavy atom. The summed E-state index contributed by atoms with van der Waals surface area (Å²) in [5.41, 5.74) is 13.8. The van der Waals surface area contributed by atoms with Crippen molar-refractivity contribution in [3.05, 3.63) is 174 Å². The van der Waals surface area contributed by atoms with Crippen LogP contribution in [0.5, 0.6) is 0 Å². The largest absolute Gasteiger partial charge is 0.366 e. The topological polar surface area (TPSA) is 35.5 Å². The molecule has 2 atom stereocenters. The van der Waals surface area contributed by atoms with E-state index < -0.39 is 0 Å². The molecule has 7 rings (SSSR count). The SMILES string of the molecule is C=Cc1c(/C=C\C)n(-c2cc3c(c(N(C4=CC=CCC4)c4ccccc4C)c2)NC(C(/C=C\C)=C/C)N(C)C3Nc2ccccc2)c2ccccc12.CC. The molecule has 276 valence electrons. The summed E-state index contributed by atoms with van der Waals surface area (Å²) in [5.74, 6) is 0. The van der Waals surface area contributed by atoms with Gasteiger partial charge < -0.3 is 20.1 Å². The second kappa shape index (κ2) is 17.4. The van der Waals surface area contributed by atoms with Crippen molar-refractivity contribution in [2.75, 3.05) is 22.6 Å². The molecule has 54 heavy (non-hydrogen) atoms. The van der Waals surface area contributed by atoms with Gasteiger partial charge >= 0.3 is 0 Å². The van der Waals surface area contributed by atoms with Gasteiger partial charge in [-0.25, -0.2) is 0 Å². The number of allylic oxidation sites excluding steroid dienone is 7. The molecule has 1 aliphatic heterocycles. The van der Waals surface area contributed by atoms with Gasteiger partial charge in [0.2, 0.25) is 0 Å². The van der Waals surface area contributed by atoms with Crippen LogP contribution in [-0.4, -0.2) is 22.7 Å². The van der Waals surface area contributed by atoms with E-state index in [-0.39, 0.29) is 12.3 Å². The van der Waals surface area contributed by atoms with Crippen LogP contribution in [0.1, 0.15) is 76.0 Å². The molecule has 0 radical (unpaired) electrons. The first-order valence-electron chi connectivity index (χ1n) is 19.4. The van der Waals surface area contributed by atoms with Crippen LogP contribution in [0.4, 0.5) is 22.7 Å². The molecule has 2 N–H and O–H groups in total. The molecule has 1 aliphatic carbocycles. The highest BCUT2D eigenvalue weighted by atomic mass is 15.4. The number of rotatable bonds is 10. The fourth-order valence-electron chi connectivity index (χ4n) is 7.78. The third-order valence-electron chi connectivity index (χ3n) is 10.2. The first kappa shape index (κ1) is 38.0. The molecule has 5 heteroatoms. The Labute approximate surface area is 323 Å². The zero-order chi connectivity index (χ0) is 38.2. The highest BCUT2D eigenvalue weighted by Gasteiger charge is 2.37. The van der Waals surface area contributed by atoms with Crippen molar-refractivity contribution in [1.29, 1.82) is 0 Å². The Morgan fingerprint density at radius 1 is 0.907 bits per heavy atom. The fraction of sp³-hybridized carbons (Fsp3) is 0.224. The van der Waals surface area contributed by atoms with Crippen LogP contribution in [-0.2, 0) is 0 Å². The van der Waals surface area contributed by atoms with Crippen LogP contribution < -0.4 is 15.5 Å². The molecule has 2 unspecified atom stereocenters. The third kappa shape index (κ3) is 7.24. The Balaban J connectivity index is 0.00000245. The highest BCUT2D eigenvalue weighted by molar-refractivity contribution is 5.96. The molecular formula is C49H55N5. The Hall–Kier alpha value is -5.78. The van der Waals surface area contributed by atoms with E-state index in [0.717, 1.165) is 52.4 Å². The van der Waals surface area contributed by atoms with Crippen molar-refractivity contribution in [3.8, 4) is 5.69 Å². The first-order valence-corrected chi connectivity index (χ1v) is 19.4. The van der Waals surface area contributed by atoms with Crippen molar-refractivity contribution in [2.45, 2.75) is 66.7 Å². The number of aryl methyl sites for hydroxylation is 1. The summed E-state index contributed by atoms with van der Waals surface area (Å²) in [7, 11) is 2.21. The number of benzene rings is 4. The van der Waals surface area contributed by atoms with Crippen molar-refractivity contribution >= 4 is 45.8 Å². The van der Waals surface area contributed by atoms with Crippen LogP contribution in [0.25, 0.3) is 28.7 Å². The molecule has 0 bridgehead atoms. The molecule has 0 saturated heterocycles. The smallest absolute Gasteiger partial charge is 0.109 e. The van der Waals surface area contributed by atoms with E-state index in [4.69, 9.17) is 0 Å². The molecule has 4 aromatic carbocycles. The van der Waals surface area contributed by atoms with Crippen LogP contribution in [0.3, 0.4) is 0 Å². The average Bonchev–Trinajstić information content (AvgIpc) is 3.53. The van der Waals surface area contributed by atoms with Gasteiger partial charge in [0, 0.05) is 39.3 Å². The van der Waals surface area contributed by atoms with Crippen LogP contribution >= 0.6 is 0 Å². The standard InChI is InChI=1S/C47H49N5.C2H6/c1-7-21-34(9-3)46-49-45-40(47(50(46)6)48-35-24-13-11-14-25-35)31-37(52-42(22-8-2)38(10-4)39-28-18-20-30-43(39)52)32-44(45)51(36-26-15-12-16-27-36)41-29-19-17-23-33(41)5;1-2/h7-15,17-26,28-32,46-49H,4,16,27H2,1-3,5-6H3;1-2H3/b21-7-,22-8-,34-9+;. The van der Waals surface area contributed by atoms with E-state index in [2.05, 4.69) is 206 Å². The number of nitrogens with one attached hydrogen (secondary N) is 2. The van der Waals surface area contributed by atoms with E-state index in [9.17, 15) is 0 Å².